The monoisotopic (exact) mass is 438 g/mol. The van der Waals surface area contributed by atoms with Gasteiger partial charge in [0.25, 0.3) is 0 Å². The SMILES string of the molecule is O=C(CCCOc1ccc2ccccc2c1)Nc1nc(-c2ccc3ccccc3c2)cs1. The first kappa shape index (κ1) is 20.2. The van der Waals surface area contributed by atoms with Crippen molar-refractivity contribution in [1.82, 2.24) is 4.98 Å². The number of carbonyl (C=O) groups excluding carboxylic acids is 1. The summed E-state index contributed by atoms with van der Waals surface area (Å²) in [6.45, 7) is 0.492. The number of amides is 1. The lowest BCUT2D eigenvalue weighted by Crippen LogP contribution is -2.12. The number of fused-ring (bicyclic) bond motifs is 2. The van der Waals surface area contributed by atoms with Crippen molar-refractivity contribution in [2.45, 2.75) is 12.8 Å². The van der Waals surface area contributed by atoms with Crippen LogP contribution in [0.1, 0.15) is 12.8 Å². The predicted molar refractivity (Wildman–Crippen MR) is 132 cm³/mol. The molecule has 0 aliphatic carbocycles. The third kappa shape index (κ3) is 4.63. The van der Waals surface area contributed by atoms with Gasteiger partial charge in [0.05, 0.1) is 12.3 Å². The van der Waals surface area contributed by atoms with Crippen molar-refractivity contribution in [1.29, 1.82) is 0 Å². The van der Waals surface area contributed by atoms with Gasteiger partial charge in [-0.1, -0.05) is 66.7 Å². The summed E-state index contributed by atoms with van der Waals surface area (Å²) in [7, 11) is 0. The highest BCUT2D eigenvalue weighted by Crippen LogP contribution is 2.28. The highest BCUT2D eigenvalue weighted by Gasteiger charge is 2.09. The average molecular weight is 439 g/mol. The molecular weight excluding hydrogens is 416 g/mol. The Morgan fingerprint density at radius 1 is 0.844 bits per heavy atom. The van der Waals surface area contributed by atoms with E-state index >= 15 is 0 Å². The van der Waals surface area contributed by atoms with Gasteiger partial charge in [0.2, 0.25) is 5.91 Å². The molecule has 1 amide bonds. The minimum Gasteiger partial charge on any atom is -0.494 e. The Hall–Kier alpha value is -3.70. The van der Waals surface area contributed by atoms with Gasteiger partial charge in [0.1, 0.15) is 5.75 Å². The van der Waals surface area contributed by atoms with Crippen LogP contribution in [0.25, 0.3) is 32.8 Å². The van der Waals surface area contributed by atoms with Gasteiger partial charge in [0, 0.05) is 17.4 Å². The molecular formula is C27H22N2O2S. The topological polar surface area (TPSA) is 51.2 Å². The molecule has 0 aliphatic heterocycles. The minimum atomic E-state index is -0.0495. The molecule has 0 atom stereocenters. The molecule has 1 N–H and O–H groups in total. The number of thiazole rings is 1. The molecule has 158 valence electrons. The lowest BCUT2D eigenvalue weighted by molar-refractivity contribution is -0.116. The van der Waals surface area contributed by atoms with Gasteiger partial charge in [-0.15, -0.1) is 11.3 Å². The van der Waals surface area contributed by atoms with Crippen LogP contribution in [0, 0.1) is 0 Å². The molecule has 0 fully saturated rings. The van der Waals surface area contributed by atoms with Crippen LogP contribution in [0.5, 0.6) is 5.75 Å². The average Bonchev–Trinajstić information content (AvgIpc) is 3.30. The van der Waals surface area contributed by atoms with Gasteiger partial charge >= 0.3 is 0 Å². The number of carbonyl (C=O) groups is 1. The molecule has 4 aromatic carbocycles. The number of ether oxygens (including phenoxy) is 1. The van der Waals surface area contributed by atoms with Crippen LogP contribution in [0.2, 0.25) is 0 Å². The molecule has 5 aromatic rings. The second-order valence-corrected chi connectivity index (χ2v) is 8.47. The van der Waals surface area contributed by atoms with Crippen LogP contribution in [0.15, 0.2) is 90.3 Å². The summed E-state index contributed by atoms with van der Waals surface area (Å²) in [5.74, 6) is 0.774. The first-order valence-corrected chi connectivity index (χ1v) is 11.5. The van der Waals surface area contributed by atoms with E-state index in [1.54, 1.807) is 0 Å². The fourth-order valence-corrected chi connectivity index (χ4v) is 4.41. The van der Waals surface area contributed by atoms with E-state index in [0.29, 0.717) is 24.6 Å². The second kappa shape index (κ2) is 9.20. The molecule has 0 bridgehead atoms. The predicted octanol–water partition coefficient (Wildman–Crippen LogP) is 6.91. The minimum absolute atomic E-state index is 0.0495. The molecule has 4 nitrogen and oxygen atoms in total. The van der Waals surface area contributed by atoms with E-state index in [4.69, 9.17) is 4.74 Å². The van der Waals surface area contributed by atoms with Gasteiger partial charge in [0.15, 0.2) is 5.13 Å². The normalized spacial score (nSPS) is 11.0. The number of hydrogen-bond acceptors (Lipinski definition) is 4. The van der Waals surface area contributed by atoms with E-state index in [2.05, 4.69) is 52.8 Å². The summed E-state index contributed by atoms with van der Waals surface area (Å²) in [5.41, 5.74) is 1.92. The van der Waals surface area contributed by atoms with Gasteiger partial charge in [-0.2, -0.15) is 0 Å². The van der Waals surface area contributed by atoms with E-state index in [1.165, 1.54) is 27.5 Å². The number of rotatable bonds is 7. The van der Waals surface area contributed by atoms with Crippen molar-refractivity contribution in [2.75, 3.05) is 11.9 Å². The summed E-state index contributed by atoms with van der Waals surface area (Å²) in [6, 6.07) is 28.7. The van der Waals surface area contributed by atoms with Crippen LogP contribution in [0.3, 0.4) is 0 Å². The quantitative estimate of drug-likeness (QED) is 0.281. The number of hydrogen-bond donors (Lipinski definition) is 1. The summed E-state index contributed by atoms with van der Waals surface area (Å²) < 4.78 is 5.82. The van der Waals surface area contributed by atoms with Crippen molar-refractivity contribution >= 4 is 43.9 Å². The fraction of sp³-hybridized carbons (Fsp3) is 0.111. The van der Waals surface area contributed by atoms with Crippen molar-refractivity contribution < 1.29 is 9.53 Å². The maximum absolute atomic E-state index is 12.3. The highest BCUT2D eigenvalue weighted by atomic mass is 32.1. The smallest absolute Gasteiger partial charge is 0.226 e. The summed E-state index contributed by atoms with van der Waals surface area (Å²) in [4.78, 5) is 16.9. The first-order valence-electron chi connectivity index (χ1n) is 10.6. The number of nitrogens with one attached hydrogen (secondary N) is 1. The van der Waals surface area contributed by atoms with E-state index in [0.717, 1.165) is 22.4 Å². The lowest BCUT2D eigenvalue weighted by atomic mass is 10.1. The first-order chi connectivity index (χ1) is 15.7. The van der Waals surface area contributed by atoms with E-state index in [-0.39, 0.29) is 5.91 Å². The maximum atomic E-state index is 12.3. The lowest BCUT2D eigenvalue weighted by Gasteiger charge is -2.07. The Morgan fingerprint density at radius 3 is 2.31 bits per heavy atom. The third-order valence-corrected chi connectivity index (χ3v) is 6.09. The van der Waals surface area contributed by atoms with Gasteiger partial charge in [-0.05, 0) is 46.2 Å². The van der Waals surface area contributed by atoms with Crippen molar-refractivity contribution in [2.24, 2.45) is 0 Å². The molecule has 0 radical (unpaired) electrons. The largest absolute Gasteiger partial charge is 0.494 e. The highest BCUT2D eigenvalue weighted by molar-refractivity contribution is 7.14. The maximum Gasteiger partial charge on any atom is 0.226 e. The van der Waals surface area contributed by atoms with Crippen LogP contribution in [-0.2, 0) is 4.79 Å². The number of aromatic nitrogens is 1. The molecule has 5 heteroatoms. The summed E-state index contributed by atoms with van der Waals surface area (Å²) in [5, 5.41) is 10.2. The molecule has 0 aliphatic rings. The van der Waals surface area contributed by atoms with Crippen LogP contribution in [-0.4, -0.2) is 17.5 Å². The van der Waals surface area contributed by atoms with E-state index in [9.17, 15) is 4.79 Å². The van der Waals surface area contributed by atoms with E-state index < -0.39 is 0 Å². The Bertz CT molecular complexity index is 1390. The third-order valence-electron chi connectivity index (χ3n) is 5.33. The molecule has 32 heavy (non-hydrogen) atoms. The van der Waals surface area contributed by atoms with Gasteiger partial charge in [-0.25, -0.2) is 4.98 Å². The number of benzene rings is 4. The number of nitrogens with zero attached hydrogens (tertiary/aromatic N) is 1. The molecule has 0 saturated heterocycles. The standard InChI is InChI=1S/C27H22N2O2S/c30-26(10-5-15-31-24-14-13-20-7-2-4-9-22(20)17-24)29-27-28-25(18-32-27)23-12-11-19-6-1-3-8-21(19)16-23/h1-4,6-9,11-14,16-18H,5,10,15H2,(H,28,29,30). The van der Waals surface area contributed by atoms with Crippen molar-refractivity contribution in [3.63, 3.8) is 0 Å². The molecule has 0 saturated carbocycles. The van der Waals surface area contributed by atoms with Crippen LogP contribution >= 0.6 is 11.3 Å². The zero-order valence-electron chi connectivity index (χ0n) is 17.5. The van der Waals surface area contributed by atoms with Crippen LogP contribution in [0.4, 0.5) is 5.13 Å². The molecule has 1 heterocycles. The fourth-order valence-electron chi connectivity index (χ4n) is 3.67. The molecule has 0 unspecified atom stereocenters. The molecule has 1 aromatic heterocycles. The molecule has 5 rings (SSSR count). The summed E-state index contributed by atoms with van der Waals surface area (Å²) in [6.07, 6.45) is 1.03. The summed E-state index contributed by atoms with van der Waals surface area (Å²) >= 11 is 1.44. The Morgan fingerprint density at radius 2 is 1.53 bits per heavy atom. The number of anilines is 1. The van der Waals surface area contributed by atoms with E-state index in [1.807, 2.05) is 47.8 Å². The van der Waals surface area contributed by atoms with Crippen molar-refractivity contribution in [3.8, 4) is 17.0 Å². The Balaban J connectivity index is 1.13. The molecule has 0 spiro atoms. The van der Waals surface area contributed by atoms with Crippen LogP contribution < -0.4 is 10.1 Å². The van der Waals surface area contributed by atoms with Crippen molar-refractivity contribution in [3.05, 3.63) is 90.3 Å². The Kier molecular flexibility index (Phi) is 5.81. The Labute approximate surface area is 190 Å². The van der Waals surface area contributed by atoms with Gasteiger partial charge < -0.3 is 10.1 Å². The van der Waals surface area contributed by atoms with Gasteiger partial charge in [-0.3, -0.25) is 4.79 Å². The zero-order valence-corrected chi connectivity index (χ0v) is 18.3. The second-order valence-electron chi connectivity index (χ2n) is 7.61. The zero-order chi connectivity index (χ0) is 21.8.